The normalized spacial score (nSPS) is 23.9. The molecule has 46 heavy (non-hydrogen) atoms. The van der Waals surface area contributed by atoms with Gasteiger partial charge in [0.05, 0.1) is 5.52 Å². The van der Waals surface area contributed by atoms with Gasteiger partial charge in [0, 0.05) is 36.7 Å². The molecule has 3 atom stereocenters. The number of nitrogens with zero attached hydrogens (tertiary/aromatic N) is 4. The molecule has 3 amide bonds. The number of ketones is 1. The molecule has 3 aromatic rings. The summed E-state index contributed by atoms with van der Waals surface area (Å²) in [5.74, 6) is -1.60. The number of pyridine rings is 1. The first-order valence-corrected chi connectivity index (χ1v) is 15.7. The van der Waals surface area contributed by atoms with Crippen LogP contribution in [0.4, 0.5) is 19.0 Å². The lowest BCUT2D eigenvalue weighted by atomic mass is 9.98. The zero-order chi connectivity index (χ0) is 33.0. The summed E-state index contributed by atoms with van der Waals surface area (Å²) < 4.78 is 41.7. The Morgan fingerprint density at radius 1 is 1.04 bits per heavy atom. The lowest BCUT2D eigenvalue weighted by molar-refractivity contribution is -0.141. The van der Waals surface area contributed by atoms with Crippen molar-refractivity contribution in [1.29, 1.82) is 0 Å². The van der Waals surface area contributed by atoms with Gasteiger partial charge in [-0.3, -0.25) is 23.9 Å². The third kappa shape index (κ3) is 5.99. The van der Waals surface area contributed by atoms with E-state index in [2.05, 4.69) is 20.7 Å². The van der Waals surface area contributed by atoms with Crippen molar-refractivity contribution in [2.45, 2.75) is 96.9 Å². The molecule has 0 radical (unpaired) electrons. The molecule has 244 valence electrons. The minimum atomic E-state index is -4.70. The molecule has 4 heterocycles. The van der Waals surface area contributed by atoms with E-state index in [0.717, 1.165) is 42.9 Å². The number of rotatable bonds is 3. The number of carbonyl (C=O) groups is 4. The number of aromatic nitrogens is 3. The van der Waals surface area contributed by atoms with Gasteiger partial charge in [-0.1, -0.05) is 30.5 Å². The van der Waals surface area contributed by atoms with Crippen LogP contribution >= 0.6 is 0 Å². The lowest BCUT2D eigenvalue weighted by Crippen LogP contribution is -2.47. The summed E-state index contributed by atoms with van der Waals surface area (Å²) in [5.41, 5.74) is 1.58. The van der Waals surface area contributed by atoms with Gasteiger partial charge in [-0.2, -0.15) is 18.3 Å². The quantitative estimate of drug-likeness (QED) is 0.394. The summed E-state index contributed by atoms with van der Waals surface area (Å²) in [4.78, 5) is 58.4. The van der Waals surface area contributed by atoms with Crippen molar-refractivity contribution in [3.63, 3.8) is 0 Å². The van der Waals surface area contributed by atoms with Crippen molar-refractivity contribution < 1.29 is 32.3 Å². The number of hydrogen-bond acceptors (Lipinski definition) is 6. The van der Waals surface area contributed by atoms with Crippen molar-refractivity contribution in [2.24, 2.45) is 5.41 Å². The monoisotopic (exact) mass is 638 g/mol. The van der Waals surface area contributed by atoms with Crippen LogP contribution in [-0.2, 0) is 33.5 Å². The number of nitrogens with one attached hydrogen (secondary N) is 2. The van der Waals surface area contributed by atoms with Crippen molar-refractivity contribution >= 4 is 40.2 Å². The fourth-order valence-corrected chi connectivity index (χ4v) is 7.14. The second-order valence-electron chi connectivity index (χ2n) is 13.0. The third-order valence-electron chi connectivity index (χ3n) is 9.56. The highest BCUT2D eigenvalue weighted by Crippen LogP contribution is 2.59. The topological polar surface area (TPSA) is 126 Å². The Kier molecular flexibility index (Phi) is 8.14. The van der Waals surface area contributed by atoms with Crippen LogP contribution in [0.2, 0.25) is 0 Å². The number of halogens is 3. The van der Waals surface area contributed by atoms with Crippen molar-refractivity contribution in [2.75, 3.05) is 11.9 Å². The smallest absolute Gasteiger partial charge is 0.355 e. The fraction of sp³-hybridized carbons (Fsp3) is 0.515. The lowest BCUT2D eigenvalue weighted by Gasteiger charge is -2.27. The Bertz CT molecular complexity index is 1750. The highest BCUT2D eigenvalue weighted by Gasteiger charge is 2.67. The maximum absolute atomic E-state index is 14.2. The van der Waals surface area contributed by atoms with Crippen molar-refractivity contribution in [3.8, 4) is 0 Å². The van der Waals surface area contributed by atoms with Crippen LogP contribution < -0.4 is 10.6 Å². The van der Waals surface area contributed by atoms with Gasteiger partial charge >= 0.3 is 6.18 Å². The SMILES string of the molecule is CC(=O)c1nn2c3c(cc(C)cc13)CCCCCCC(=O)NC[C@@]13C[C@@H](C(=O)Nc4nc(C(F)(F)F)ccc4C)N(C(=O)C2)[C@@H]1C3. The molecule has 0 spiro atoms. The number of hydrogen-bond donors (Lipinski definition) is 2. The number of benzene rings is 1. The minimum absolute atomic E-state index is 0.0869. The number of carbonyl (C=O) groups excluding carboxylic acids is 4. The first-order valence-electron chi connectivity index (χ1n) is 15.7. The van der Waals surface area contributed by atoms with Crippen LogP contribution in [0, 0.1) is 19.3 Å². The molecule has 1 saturated carbocycles. The summed E-state index contributed by atoms with van der Waals surface area (Å²) in [6.45, 7) is 4.98. The molecule has 2 fully saturated rings. The Labute approximate surface area is 264 Å². The first-order chi connectivity index (χ1) is 21.8. The summed E-state index contributed by atoms with van der Waals surface area (Å²) in [5, 5.41) is 10.8. The van der Waals surface area contributed by atoms with Crippen LogP contribution in [-0.4, -0.2) is 61.8 Å². The van der Waals surface area contributed by atoms with Gasteiger partial charge in [0.1, 0.15) is 29.8 Å². The van der Waals surface area contributed by atoms with E-state index in [0.29, 0.717) is 35.7 Å². The molecule has 3 aliphatic rings. The number of aryl methyl sites for hydroxylation is 3. The predicted molar refractivity (Wildman–Crippen MR) is 163 cm³/mol. The Morgan fingerprint density at radius 2 is 1.78 bits per heavy atom. The van der Waals surface area contributed by atoms with E-state index in [1.54, 1.807) is 11.6 Å². The first kappa shape index (κ1) is 31.7. The van der Waals surface area contributed by atoms with Gasteiger partial charge in [-0.05, 0) is 69.2 Å². The largest absolute Gasteiger partial charge is 0.433 e. The Balaban J connectivity index is 1.37. The van der Waals surface area contributed by atoms with Crippen molar-refractivity contribution in [3.05, 3.63) is 52.3 Å². The van der Waals surface area contributed by atoms with Gasteiger partial charge in [-0.25, -0.2) is 4.98 Å². The van der Waals surface area contributed by atoms with Crippen molar-refractivity contribution in [1.82, 2.24) is 25.0 Å². The van der Waals surface area contributed by atoms with Gasteiger partial charge < -0.3 is 15.5 Å². The Hall–Kier alpha value is -4.29. The molecule has 6 rings (SSSR count). The number of anilines is 1. The van der Waals surface area contributed by atoms with E-state index < -0.39 is 35.1 Å². The molecule has 2 aliphatic heterocycles. The van der Waals surface area contributed by atoms with Gasteiger partial charge in [0.2, 0.25) is 17.7 Å². The molecule has 2 bridgehead atoms. The minimum Gasteiger partial charge on any atom is -0.355 e. The number of Topliss-reactive ketones (excluding diaryl/α,β-unsaturated/α-hetero) is 1. The predicted octanol–water partition coefficient (Wildman–Crippen LogP) is 4.89. The molecule has 1 saturated heterocycles. The third-order valence-corrected chi connectivity index (χ3v) is 9.56. The molecule has 2 N–H and O–H groups in total. The van der Waals surface area contributed by atoms with E-state index in [9.17, 15) is 32.3 Å². The zero-order valence-corrected chi connectivity index (χ0v) is 26.1. The molecule has 13 heteroatoms. The number of piperidine rings is 1. The van der Waals surface area contributed by atoms with E-state index >= 15 is 0 Å². The maximum Gasteiger partial charge on any atom is 0.433 e. The second-order valence-corrected chi connectivity index (χ2v) is 13.0. The standard InChI is InChI=1S/C33H37F3N6O4/c1-18-12-21-8-6-4-5-7-9-26(44)37-17-32-14-23(31(46)39-30-19(2)10-11-24(38-30)33(34,35)36)42(25(32)15-32)27(45)16-41-29(21)22(13-18)28(40-41)20(3)43/h10-13,23,25H,4-9,14-17H2,1-3H3,(H,37,44)(H,38,39,46)/t23-,25+,32-/m0/s1. The number of amides is 3. The molecule has 10 nitrogen and oxygen atoms in total. The molecular weight excluding hydrogens is 601 g/mol. The molecular formula is C33H37F3N6O4. The maximum atomic E-state index is 14.2. The van der Waals surface area contributed by atoms with E-state index in [1.165, 1.54) is 17.9 Å². The van der Waals surface area contributed by atoms with Crippen LogP contribution in [0.5, 0.6) is 0 Å². The van der Waals surface area contributed by atoms with Gasteiger partial charge in [-0.15, -0.1) is 0 Å². The molecule has 1 aromatic carbocycles. The van der Waals surface area contributed by atoms with E-state index in [1.807, 2.05) is 19.1 Å². The van der Waals surface area contributed by atoms with Gasteiger partial charge in [0.25, 0.3) is 0 Å². The van der Waals surface area contributed by atoms with Gasteiger partial charge in [0.15, 0.2) is 5.78 Å². The van der Waals surface area contributed by atoms with Crippen LogP contribution in [0.1, 0.15) is 84.7 Å². The summed E-state index contributed by atoms with van der Waals surface area (Å²) in [6.07, 6.45) is 0.577. The average molecular weight is 639 g/mol. The second kappa shape index (κ2) is 11.8. The number of alkyl halides is 3. The highest BCUT2D eigenvalue weighted by molar-refractivity contribution is 6.06. The fourth-order valence-electron chi connectivity index (χ4n) is 7.14. The zero-order valence-electron chi connectivity index (χ0n) is 26.1. The highest BCUT2D eigenvalue weighted by atomic mass is 19.4. The van der Waals surface area contributed by atoms with E-state index in [4.69, 9.17) is 0 Å². The van der Waals surface area contributed by atoms with Crippen LogP contribution in [0.3, 0.4) is 0 Å². The van der Waals surface area contributed by atoms with E-state index in [-0.39, 0.29) is 48.8 Å². The summed E-state index contributed by atoms with van der Waals surface area (Å²) in [6, 6.07) is 4.67. The summed E-state index contributed by atoms with van der Waals surface area (Å²) in [7, 11) is 0. The molecule has 1 aliphatic carbocycles. The summed E-state index contributed by atoms with van der Waals surface area (Å²) >= 11 is 0. The average Bonchev–Trinajstić information content (AvgIpc) is 3.40. The van der Waals surface area contributed by atoms with Crippen LogP contribution in [0.25, 0.3) is 10.9 Å². The molecule has 0 unspecified atom stereocenters. The molecule has 2 aromatic heterocycles. The Morgan fingerprint density at radius 3 is 2.50 bits per heavy atom. The van der Waals surface area contributed by atoms with Crippen LogP contribution in [0.15, 0.2) is 24.3 Å².